The van der Waals surface area contributed by atoms with E-state index in [0.717, 1.165) is 25.2 Å². The highest BCUT2D eigenvalue weighted by Crippen LogP contribution is 2.34. The molecule has 1 amide bonds. The van der Waals surface area contributed by atoms with Crippen molar-refractivity contribution in [2.75, 3.05) is 18.0 Å². The Hall–Kier alpha value is -2.30. The lowest BCUT2D eigenvalue weighted by Gasteiger charge is -2.41. The first-order valence-corrected chi connectivity index (χ1v) is 8.85. The van der Waals surface area contributed by atoms with Crippen LogP contribution in [0.2, 0.25) is 0 Å². The number of aromatic nitrogens is 4. The molecule has 0 saturated carbocycles. The maximum atomic E-state index is 12.4. The van der Waals surface area contributed by atoms with Crippen LogP contribution in [0.4, 0.5) is 10.7 Å². The van der Waals surface area contributed by atoms with Crippen LogP contribution in [0.3, 0.4) is 0 Å². The molecule has 0 N–H and O–H groups in total. The molecule has 0 radical (unpaired) electrons. The molecular weight excluding hydrogens is 320 g/mol. The normalized spacial score (nSPS) is 22.8. The lowest BCUT2D eigenvalue weighted by Crippen LogP contribution is -2.57. The van der Waals surface area contributed by atoms with Crippen molar-refractivity contribution < 1.29 is 9.53 Å². The van der Waals surface area contributed by atoms with E-state index in [1.165, 1.54) is 0 Å². The molecule has 2 fully saturated rings. The molecule has 2 unspecified atom stereocenters. The van der Waals surface area contributed by atoms with Gasteiger partial charge >= 0.3 is 6.09 Å². The molecule has 0 spiro atoms. The first kappa shape index (κ1) is 17.5. The molecule has 25 heavy (non-hydrogen) atoms. The van der Waals surface area contributed by atoms with E-state index in [9.17, 15) is 4.79 Å². The Labute approximate surface area is 148 Å². The quantitative estimate of drug-likeness (QED) is 0.610. The van der Waals surface area contributed by atoms with Crippen LogP contribution in [0.15, 0.2) is 0 Å². The third-order valence-corrected chi connectivity index (χ3v) is 4.57. The zero-order chi connectivity index (χ0) is 18.0. The molecular formula is C17H26N6O2. The number of carbonyl (C=O) groups is 1. The van der Waals surface area contributed by atoms with Gasteiger partial charge in [0.1, 0.15) is 5.60 Å². The highest BCUT2D eigenvalue weighted by Gasteiger charge is 2.44. The van der Waals surface area contributed by atoms with E-state index in [4.69, 9.17) is 11.2 Å². The van der Waals surface area contributed by atoms with Gasteiger partial charge in [0, 0.05) is 26.1 Å². The number of hydrogen-bond donors (Lipinski definition) is 0. The molecule has 2 aliphatic heterocycles. The van der Waals surface area contributed by atoms with Gasteiger partial charge in [0.25, 0.3) is 0 Å². The molecule has 3 rings (SSSR count). The monoisotopic (exact) mass is 346 g/mol. The smallest absolute Gasteiger partial charge is 0.410 e. The minimum atomic E-state index is -0.478. The minimum absolute atomic E-state index is 0.226. The van der Waals surface area contributed by atoms with Gasteiger partial charge in [-0.1, -0.05) is 5.10 Å². The Balaban J connectivity index is 1.69. The average Bonchev–Trinajstić information content (AvgIpc) is 3.07. The van der Waals surface area contributed by atoms with Crippen molar-refractivity contribution >= 4 is 12.0 Å². The minimum Gasteiger partial charge on any atom is -0.444 e. The molecule has 2 saturated heterocycles. The van der Waals surface area contributed by atoms with Gasteiger partial charge in [-0.15, -0.1) is 12.3 Å². The number of rotatable bonds is 4. The van der Waals surface area contributed by atoms with E-state index in [0.29, 0.717) is 26.1 Å². The molecule has 8 heteroatoms. The number of unbranched alkanes of at least 4 members (excludes halogenated alkanes) is 1. The Bertz CT molecular complexity index is 645. The van der Waals surface area contributed by atoms with Crippen LogP contribution in [0.25, 0.3) is 0 Å². The standard InChI is InChI=1S/C17H26N6O2/c1-5-6-7-10-22-15(18-19-20-22)23-13-8-9-14(23)12-21(11-13)16(24)25-17(2,3)4/h1,13-14H,6-12H2,2-4H3. The molecule has 8 nitrogen and oxygen atoms in total. The molecule has 0 aromatic carbocycles. The zero-order valence-corrected chi connectivity index (χ0v) is 15.2. The van der Waals surface area contributed by atoms with Crippen molar-refractivity contribution in [2.24, 2.45) is 0 Å². The van der Waals surface area contributed by atoms with E-state index in [-0.39, 0.29) is 18.2 Å². The summed E-state index contributed by atoms with van der Waals surface area (Å²) in [5.41, 5.74) is -0.478. The molecule has 1 aromatic heterocycles. The van der Waals surface area contributed by atoms with Crippen LogP contribution in [-0.4, -0.2) is 62.0 Å². The summed E-state index contributed by atoms with van der Waals surface area (Å²) in [5.74, 6) is 3.43. The lowest BCUT2D eigenvalue weighted by molar-refractivity contribution is 0.0208. The second-order valence-corrected chi connectivity index (χ2v) is 7.69. The van der Waals surface area contributed by atoms with Gasteiger partial charge < -0.3 is 14.5 Å². The summed E-state index contributed by atoms with van der Waals surface area (Å²) in [4.78, 5) is 16.5. The van der Waals surface area contributed by atoms with Crippen LogP contribution in [0.5, 0.6) is 0 Å². The van der Waals surface area contributed by atoms with Gasteiger partial charge in [0.15, 0.2) is 0 Å². The highest BCUT2D eigenvalue weighted by atomic mass is 16.6. The summed E-state index contributed by atoms with van der Waals surface area (Å²) in [6.07, 6.45) is 8.70. The average molecular weight is 346 g/mol. The van der Waals surface area contributed by atoms with Crippen molar-refractivity contribution in [1.29, 1.82) is 0 Å². The van der Waals surface area contributed by atoms with Crippen molar-refractivity contribution in [1.82, 2.24) is 25.1 Å². The second-order valence-electron chi connectivity index (χ2n) is 7.69. The topological polar surface area (TPSA) is 76.4 Å². The largest absolute Gasteiger partial charge is 0.444 e. The number of anilines is 1. The highest BCUT2D eigenvalue weighted by molar-refractivity contribution is 5.69. The number of ether oxygens (including phenoxy) is 1. The van der Waals surface area contributed by atoms with Gasteiger partial charge in [0.05, 0.1) is 12.1 Å². The lowest BCUT2D eigenvalue weighted by atomic mass is 10.2. The van der Waals surface area contributed by atoms with Crippen molar-refractivity contribution in [3.8, 4) is 12.3 Å². The van der Waals surface area contributed by atoms with Crippen LogP contribution < -0.4 is 4.90 Å². The number of terminal acetylenes is 1. The third kappa shape index (κ3) is 3.86. The molecule has 2 bridgehead atoms. The molecule has 136 valence electrons. The summed E-state index contributed by atoms with van der Waals surface area (Å²) >= 11 is 0. The SMILES string of the molecule is C#CCCCn1nnnc1N1C2CCC1CN(C(=O)OC(C)(C)C)C2. The molecule has 1 aromatic rings. The fraction of sp³-hybridized carbons (Fsp3) is 0.765. The fourth-order valence-corrected chi connectivity index (χ4v) is 3.57. The van der Waals surface area contributed by atoms with E-state index in [2.05, 4.69) is 26.3 Å². The number of aryl methyl sites for hydroxylation is 1. The Morgan fingerprint density at radius 1 is 1.32 bits per heavy atom. The van der Waals surface area contributed by atoms with Gasteiger partial charge in [0.2, 0.25) is 5.95 Å². The van der Waals surface area contributed by atoms with Gasteiger partial charge in [-0.3, -0.25) is 0 Å². The summed E-state index contributed by atoms with van der Waals surface area (Å²) in [7, 11) is 0. The molecule has 0 aliphatic carbocycles. The fourth-order valence-electron chi connectivity index (χ4n) is 3.57. The Morgan fingerprint density at radius 3 is 2.60 bits per heavy atom. The number of carbonyl (C=O) groups excluding carboxylic acids is 1. The maximum Gasteiger partial charge on any atom is 0.410 e. The number of likely N-dealkylation sites (tertiary alicyclic amines) is 1. The predicted octanol–water partition coefficient (Wildman–Crippen LogP) is 1.67. The molecule has 2 atom stereocenters. The second kappa shape index (κ2) is 6.90. The first-order valence-electron chi connectivity index (χ1n) is 8.85. The van der Waals surface area contributed by atoms with Crippen LogP contribution >= 0.6 is 0 Å². The van der Waals surface area contributed by atoms with Gasteiger partial charge in [-0.25, -0.2) is 9.48 Å². The summed E-state index contributed by atoms with van der Waals surface area (Å²) < 4.78 is 7.35. The summed E-state index contributed by atoms with van der Waals surface area (Å²) in [6, 6.07) is 0.451. The number of hydrogen-bond acceptors (Lipinski definition) is 6. The first-order chi connectivity index (χ1) is 11.9. The number of amides is 1. The van der Waals surface area contributed by atoms with E-state index in [1.54, 1.807) is 0 Å². The summed E-state index contributed by atoms with van der Waals surface area (Å²) in [5, 5.41) is 12.2. The van der Waals surface area contributed by atoms with Gasteiger partial charge in [-0.05, 0) is 50.5 Å². The van der Waals surface area contributed by atoms with Crippen LogP contribution in [0, 0.1) is 12.3 Å². The molecule has 3 heterocycles. The number of nitrogens with zero attached hydrogens (tertiary/aromatic N) is 6. The third-order valence-electron chi connectivity index (χ3n) is 4.57. The van der Waals surface area contributed by atoms with E-state index in [1.807, 2.05) is 30.4 Å². The van der Waals surface area contributed by atoms with Gasteiger partial charge in [-0.2, -0.15) is 0 Å². The van der Waals surface area contributed by atoms with Crippen LogP contribution in [-0.2, 0) is 11.3 Å². The Morgan fingerprint density at radius 2 is 2.00 bits per heavy atom. The van der Waals surface area contributed by atoms with Crippen LogP contribution in [0.1, 0.15) is 46.5 Å². The zero-order valence-electron chi connectivity index (χ0n) is 15.2. The predicted molar refractivity (Wildman–Crippen MR) is 93.0 cm³/mol. The summed E-state index contributed by atoms with van der Waals surface area (Å²) in [6.45, 7) is 7.66. The van der Waals surface area contributed by atoms with Crippen molar-refractivity contribution in [2.45, 2.75) is 70.7 Å². The van der Waals surface area contributed by atoms with Crippen molar-refractivity contribution in [3.05, 3.63) is 0 Å². The number of piperazine rings is 1. The number of tetrazole rings is 1. The van der Waals surface area contributed by atoms with E-state index >= 15 is 0 Å². The Kier molecular flexibility index (Phi) is 4.84. The maximum absolute atomic E-state index is 12.4. The molecule has 2 aliphatic rings. The number of fused-ring (bicyclic) bond motifs is 2. The van der Waals surface area contributed by atoms with E-state index < -0.39 is 5.60 Å². The van der Waals surface area contributed by atoms with Crippen molar-refractivity contribution in [3.63, 3.8) is 0 Å².